The normalized spacial score (nSPS) is 11.0. The van der Waals surface area contributed by atoms with E-state index in [1.807, 2.05) is 5.38 Å². The molecule has 0 aliphatic rings. The van der Waals surface area contributed by atoms with Gasteiger partial charge in [0.15, 0.2) is 0 Å². The van der Waals surface area contributed by atoms with Crippen LogP contribution >= 0.6 is 50.2 Å². The molecule has 0 radical (unpaired) electrons. The van der Waals surface area contributed by atoms with Gasteiger partial charge in [0.05, 0.1) is 9.04 Å². The number of hydrogen-bond donors (Lipinski definition) is 0. The first-order valence-corrected chi connectivity index (χ1v) is 5.52. The summed E-state index contributed by atoms with van der Waals surface area (Å²) < 4.78 is 2.40. The van der Waals surface area contributed by atoms with Crippen LogP contribution in [-0.2, 0) is 0 Å². The molecule has 0 spiro atoms. The monoisotopic (exact) mass is 252 g/mol. The van der Waals surface area contributed by atoms with E-state index < -0.39 is 0 Å². The molecule has 0 aliphatic carbocycles. The zero-order valence-corrected chi connectivity index (χ0v) is 8.70. The molecule has 2 rings (SSSR count). The molecule has 0 saturated heterocycles. The Hall–Kier alpha value is 0.430. The van der Waals surface area contributed by atoms with Crippen LogP contribution in [0.1, 0.15) is 0 Å². The highest BCUT2D eigenvalue weighted by Gasteiger charge is 2.06. The van der Waals surface area contributed by atoms with Gasteiger partial charge in [-0.3, -0.25) is 0 Å². The van der Waals surface area contributed by atoms with Crippen molar-refractivity contribution >= 4 is 59.6 Å². The van der Waals surface area contributed by atoms with E-state index in [0.29, 0.717) is 0 Å². The first-order valence-electron chi connectivity index (χ1n) is 2.58. The molecule has 0 atom stereocenters. The Morgan fingerprint density at radius 2 is 2.00 bits per heavy atom. The van der Waals surface area contributed by atoms with Crippen molar-refractivity contribution in [3.63, 3.8) is 0 Å². The molecule has 2 heterocycles. The van der Waals surface area contributed by atoms with Crippen LogP contribution in [0.3, 0.4) is 0 Å². The predicted molar refractivity (Wildman–Crippen MR) is 52.4 cm³/mol. The number of halogens is 2. The maximum Gasteiger partial charge on any atom is 0.0892 e. The third-order valence-corrected chi connectivity index (χ3v) is 4.70. The summed E-state index contributed by atoms with van der Waals surface area (Å²) in [7, 11) is 0. The summed E-state index contributed by atoms with van der Waals surface area (Å²) in [4.78, 5) is 0. The quantitative estimate of drug-likeness (QED) is 0.654. The van der Waals surface area contributed by atoms with Crippen molar-refractivity contribution in [1.29, 1.82) is 0 Å². The number of fused-ring (bicyclic) bond motifs is 1. The van der Waals surface area contributed by atoms with Gasteiger partial charge < -0.3 is 0 Å². The van der Waals surface area contributed by atoms with E-state index in [-0.39, 0.29) is 0 Å². The van der Waals surface area contributed by atoms with Crippen LogP contribution in [0.2, 0.25) is 5.02 Å². The molecule has 0 N–H and O–H groups in total. The predicted octanol–water partition coefficient (Wildman–Crippen LogP) is 4.38. The van der Waals surface area contributed by atoms with E-state index >= 15 is 0 Å². The lowest BCUT2D eigenvalue weighted by atomic mass is 10.4. The van der Waals surface area contributed by atoms with Crippen molar-refractivity contribution in [2.24, 2.45) is 0 Å². The van der Waals surface area contributed by atoms with Crippen LogP contribution in [-0.4, -0.2) is 0 Å². The van der Waals surface area contributed by atoms with Crippen molar-refractivity contribution < 1.29 is 0 Å². The van der Waals surface area contributed by atoms with Crippen molar-refractivity contribution in [2.45, 2.75) is 0 Å². The van der Waals surface area contributed by atoms with Gasteiger partial charge in [0.2, 0.25) is 0 Å². The van der Waals surface area contributed by atoms with Gasteiger partial charge in [0.25, 0.3) is 0 Å². The molecule has 52 valence electrons. The van der Waals surface area contributed by atoms with Gasteiger partial charge in [0, 0.05) is 20.6 Å². The Labute approximate surface area is 79.6 Å². The minimum Gasteiger partial charge on any atom is -0.132 e. The van der Waals surface area contributed by atoms with E-state index in [1.54, 1.807) is 22.7 Å². The lowest BCUT2D eigenvalue weighted by Gasteiger charge is -1.80. The van der Waals surface area contributed by atoms with E-state index in [4.69, 9.17) is 11.6 Å². The Morgan fingerprint density at radius 1 is 1.30 bits per heavy atom. The highest BCUT2D eigenvalue weighted by atomic mass is 79.9. The van der Waals surface area contributed by atoms with E-state index in [2.05, 4.69) is 21.3 Å². The molecule has 0 unspecified atom stereocenters. The molecule has 0 nitrogen and oxygen atoms in total. The smallest absolute Gasteiger partial charge is 0.0892 e. The Balaban J connectivity index is 2.98. The van der Waals surface area contributed by atoms with Crippen LogP contribution in [0, 0.1) is 0 Å². The van der Waals surface area contributed by atoms with E-state index in [9.17, 15) is 0 Å². The van der Waals surface area contributed by atoms with Crippen LogP contribution in [0.15, 0.2) is 15.2 Å². The molecule has 0 aromatic carbocycles. The Morgan fingerprint density at radius 3 is 2.70 bits per heavy atom. The van der Waals surface area contributed by atoms with Gasteiger partial charge in [-0.2, -0.15) is 0 Å². The van der Waals surface area contributed by atoms with Crippen molar-refractivity contribution in [2.75, 3.05) is 0 Å². The van der Waals surface area contributed by atoms with Crippen LogP contribution < -0.4 is 0 Å². The SMILES string of the molecule is Clc1csc2scc(Br)c12. The zero-order chi connectivity index (χ0) is 7.14. The number of rotatable bonds is 0. The third-order valence-electron chi connectivity index (χ3n) is 1.22. The summed E-state index contributed by atoms with van der Waals surface area (Å²) in [6.07, 6.45) is 0. The average Bonchev–Trinajstić information content (AvgIpc) is 2.40. The van der Waals surface area contributed by atoms with Crippen LogP contribution in [0.4, 0.5) is 0 Å². The first-order chi connectivity index (χ1) is 4.79. The van der Waals surface area contributed by atoms with Crippen LogP contribution in [0.5, 0.6) is 0 Å². The van der Waals surface area contributed by atoms with Gasteiger partial charge in [-0.25, -0.2) is 0 Å². The molecular weight excluding hydrogens is 252 g/mol. The van der Waals surface area contributed by atoms with Gasteiger partial charge in [0.1, 0.15) is 0 Å². The van der Waals surface area contributed by atoms with Gasteiger partial charge in [-0.1, -0.05) is 11.6 Å². The maximum atomic E-state index is 5.91. The zero-order valence-electron chi connectivity index (χ0n) is 4.73. The highest BCUT2D eigenvalue weighted by Crippen LogP contribution is 2.39. The topological polar surface area (TPSA) is 0 Å². The second kappa shape index (κ2) is 2.48. The molecular formula is C6H2BrClS2. The minimum atomic E-state index is 0.855. The molecule has 4 heteroatoms. The fraction of sp³-hybridized carbons (Fsp3) is 0. The number of thiophene rings is 2. The Bertz CT molecular complexity index is 331. The lowest BCUT2D eigenvalue weighted by molar-refractivity contribution is 1.99. The van der Waals surface area contributed by atoms with Crippen molar-refractivity contribution in [1.82, 2.24) is 0 Å². The van der Waals surface area contributed by atoms with Crippen LogP contribution in [0.25, 0.3) is 9.40 Å². The molecule has 2 aromatic heterocycles. The first kappa shape index (κ1) is 7.10. The van der Waals surface area contributed by atoms with Crippen molar-refractivity contribution in [3.05, 3.63) is 20.3 Å². The second-order valence-electron chi connectivity index (χ2n) is 1.83. The number of hydrogen-bond acceptors (Lipinski definition) is 2. The lowest BCUT2D eigenvalue weighted by Crippen LogP contribution is -1.53. The van der Waals surface area contributed by atoms with Crippen molar-refractivity contribution in [3.8, 4) is 0 Å². The largest absolute Gasteiger partial charge is 0.132 e. The fourth-order valence-electron chi connectivity index (χ4n) is 0.783. The maximum absolute atomic E-state index is 5.91. The minimum absolute atomic E-state index is 0.855. The summed E-state index contributed by atoms with van der Waals surface area (Å²) in [5, 5.41) is 6.05. The highest BCUT2D eigenvalue weighted by molar-refractivity contribution is 9.10. The molecule has 2 aromatic rings. The van der Waals surface area contributed by atoms with Gasteiger partial charge in [-0.15, -0.1) is 22.7 Å². The summed E-state index contributed by atoms with van der Waals surface area (Å²) in [6, 6.07) is 0. The third kappa shape index (κ3) is 0.925. The summed E-state index contributed by atoms with van der Waals surface area (Å²) in [6.45, 7) is 0. The summed E-state index contributed by atoms with van der Waals surface area (Å²) in [5.41, 5.74) is 0. The second-order valence-corrected chi connectivity index (χ2v) is 5.11. The van der Waals surface area contributed by atoms with E-state index in [1.165, 1.54) is 4.01 Å². The molecule has 10 heavy (non-hydrogen) atoms. The van der Waals surface area contributed by atoms with E-state index in [0.717, 1.165) is 14.9 Å². The van der Waals surface area contributed by atoms with Gasteiger partial charge >= 0.3 is 0 Å². The summed E-state index contributed by atoms with van der Waals surface area (Å²) in [5.74, 6) is 0. The fourth-order valence-corrected chi connectivity index (χ4v) is 4.14. The Kier molecular flexibility index (Phi) is 1.76. The molecule has 0 amide bonds. The molecule has 0 fully saturated rings. The van der Waals surface area contributed by atoms with Gasteiger partial charge in [-0.05, 0) is 15.9 Å². The summed E-state index contributed by atoms with van der Waals surface area (Å²) >= 11 is 12.7. The molecule has 0 saturated carbocycles. The molecule has 0 aliphatic heterocycles. The average molecular weight is 254 g/mol. The molecule has 0 bridgehead atoms. The standard InChI is InChI=1S/C6H2BrClS2/c7-3-1-9-6-5(3)4(8)2-10-6/h1-2H.